The van der Waals surface area contributed by atoms with Gasteiger partial charge in [0.15, 0.2) is 29.9 Å². The van der Waals surface area contributed by atoms with Crippen LogP contribution in [0.3, 0.4) is 0 Å². The van der Waals surface area contributed by atoms with Gasteiger partial charge in [-0.15, -0.1) is 0 Å². The van der Waals surface area contributed by atoms with Gasteiger partial charge in [-0.2, -0.15) is 0 Å². The molecule has 21 N–H and O–H groups in total. The van der Waals surface area contributed by atoms with Crippen molar-refractivity contribution in [2.45, 2.75) is 156 Å². The summed E-state index contributed by atoms with van der Waals surface area (Å²) in [7, 11) is 1.47. The number of fused-ring (bicyclic) bond motifs is 16. The summed E-state index contributed by atoms with van der Waals surface area (Å²) in [6.45, 7) is 6.45. The molecule has 115 heavy (non-hydrogen) atoms. The zero-order valence-electron chi connectivity index (χ0n) is 61.9. The van der Waals surface area contributed by atoms with E-state index in [9.17, 15) is 75.0 Å². The fourth-order valence-electron chi connectivity index (χ4n) is 14.5. The minimum Gasteiger partial charge on any atom is -0.508 e. The number of aromatic hydroxyl groups is 3. The van der Waals surface area contributed by atoms with Crippen molar-refractivity contribution in [3.05, 3.63) is 152 Å². The smallest absolute Gasteiger partial charge is 0.330 e. The maximum atomic E-state index is 16.2. The third-order valence-corrected chi connectivity index (χ3v) is 21.2. The molecule has 7 aliphatic heterocycles. The van der Waals surface area contributed by atoms with Crippen LogP contribution in [0.4, 0.5) is 5.69 Å². The van der Waals surface area contributed by atoms with Crippen LogP contribution >= 0.6 is 34.8 Å². The van der Waals surface area contributed by atoms with Crippen molar-refractivity contribution >= 4 is 98.7 Å². The van der Waals surface area contributed by atoms with E-state index in [0.29, 0.717) is 17.1 Å². The summed E-state index contributed by atoms with van der Waals surface area (Å²) in [5.41, 5.74) is 3.05. The van der Waals surface area contributed by atoms with Crippen molar-refractivity contribution in [3.63, 3.8) is 0 Å². The Hall–Kier alpha value is -10.5. The molecule has 8 heterocycles. The fraction of sp³-hybridized carbons (Fsp3) is 0.390. The summed E-state index contributed by atoms with van der Waals surface area (Å²) in [5.74, 6) is -16.1. The number of pyridine rings is 1. The number of aliphatic carboxylic acids is 1. The molecule has 2 saturated heterocycles. The van der Waals surface area contributed by atoms with Gasteiger partial charge >= 0.3 is 5.97 Å². The number of nitrogens with zero attached hydrogens (tertiary/aromatic N) is 1. The average Bonchev–Trinajstić information content (AvgIpc) is 0.767. The lowest BCUT2D eigenvalue weighted by Crippen LogP contribution is -2.65. The van der Waals surface area contributed by atoms with Gasteiger partial charge in [0.2, 0.25) is 53.4 Å². The molecule has 7 amide bonds. The van der Waals surface area contributed by atoms with Crippen LogP contribution in [0.2, 0.25) is 15.1 Å². The lowest BCUT2D eigenvalue weighted by atomic mass is 9.85. The van der Waals surface area contributed by atoms with Crippen LogP contribution in [0.15, 0.2) is 109 Å². The van der Waals surface area contributed by atoms with Gasteiger partial charge in [0, 0.05) is 70.1 Å². The van der Waals surface area contributed by atoms with E-state index in [1.807, 2.05) is 19.9 Å². The number of carbonyl (C=O) groups is 8. The monoisotopic (exact) mass is 1650 g/mol. The number of carboxylic acid groups (broad SMARTS) is 1. The highest BCUT2D eigenvalue weighted by atomic mass is 35.5. The van der Waals surface area contributed by atoms with E-state index in [4.69, 9.17) is 69.0 Å². The van der Waals surface area contributed by atoms with Crippen LogP contribution in [-0.2, 0) is 52.6 Å². The number of hydrogen-bond donors (Lipinski definition) is 20. The number of likely N-dealkylation sites (N-methyl/N-ethyl adjacent to an activating group) is 1. The number of hydrogen-bond acceptors (Lipinski definition) is 27. The zero-order valence-corrected chi connectivity index (χ0v) is 64.1. The summed E-state index contributed by atoms with van der Waals surface area (Å²) < 4.78 is 39.4. The van der Waals surface area contributed by atoms with E-state index in [1.165, 1.54) is 19.2 Å². The van der Waals surface area contributed by atoms with Crippen LogP contribution < -0.4 is 67.8 Å². The Kier molecular flexibility index (Phi) is 25.5. The standard InChI is InChI=1S/C77H84Cl3N11O24/c1-30(2)18-45(82-5)69(102)90-60-62(97)33-7-12-49(41(79)20-33)111-51-22-35-23-52(66(51)115-76-67(65(100)64(99)53(29-92)113-76)114-55-28-77(4,68(101)31(3)110-55)85-17-16-84-43-14-15-83-44-24-36(78)9-10-38(43)44)112-50-13-8-34(21-42(50)80)63(98)61-74(107)89-59(75(108)109)40-25-37(93)26-48(95)56(40)39-19-32(6-11-47(39)94)57(71(104)91-61)88-72(105)58(35)87-70(103)46(27-54(81)96)86-73(60)106/h6-15,19-26,30-31,45-46,53,55,57-65,67-68,76,82,85,92-95,97-101H,16-18,27-29H2,1-5H3,(H2,81,96)(H,83,84)(H,86,106)(H,87,103)(H,88,105)(H,89,107)(H,90,102)(H,91,104)(H,108,109)/t31?,45-,46+,53?,55?,57-,58-,59+,60-,61+,62-,63-,64?,65?,67?,68?,76?,77?/m1/s1. The van der Waals surface area contributed by atoms with Crippen LogP contribution in [-0.4, -0.2) is 209 Å². The molecule has 6 aromatic carbocycles. The number of amides is 7. The molecule has 0 spiro atoms. The number of ether oxygens (including phenoxy) is 6. The molecule has 0 aliphatic carbocycles. The number of primary amides is 1. The number of nitrogens with two attached hydrogens (primary N) is 1. The van der Waals surface area contributed by atoms with Crippen molar-refractivity contribution in [2.75, 3.05) is 32.1 Å². The van der Waals surface area contributed by atoms with Crippen LogP contribution in [0.5, 0.6) is 46.0 Å². The van der Waals surface area contributed by atoms with Crippen molar-refractivity contribution in [1.82, 2.24) is 47.5 Å². The number of benzene rings is 6. The van der Waals surface area contributed by atoms with Crippen LogP contribution in [0.1, 0.15) is 105 Å². The van der Waals surface area contributed by atoms with E-state index in [0.717, 1.165) is 77.8 Å². The van der Waals surface area contributed by atoms with Crippen LogP contribution in [0.25, 0.3) is 22.0 Å². The molecular formula is C77H84Cl3N11O24. The Morgan fingerprint density at radius 1 is 0.704 bits per heavy atom. The number of rotatable bonds is 18. The predicted molar refractivity (Wildman–Crippen MR) is 408 cm³/mol. The highest BCUT2D eigenvalue weighted by Crippen LogP contribution is 2.50. The molecule has 7 aliphatic rings. The highest BCUT2D eigenvalue weighted by Gasteiger charge is 2.52. The number of phenols is 3. The molecule has 1 aromatic heterocycles. The predicted octanol–water partition coefficient (Wildman–Crippen LogP) is 3.05. The number of aliphatic hydroxyl groups excluding tert-OH is 6. The first-order valence-electron chi connectivity index (χ1n) is 36.3. The van der Waals surface area contributed by atoms with Gasteiger partial charge in [-0.05, 0) is 134 Å². The minimum absolute atomic E-state index is 0.108. The van der Waals surface area contributed by atoms with E-state index in [-0.39, 0.29) is 52.8 Å². The number of aliphatic hydroxyl groups is 6. The Labute approximate surface area is 670 Å². The first-order chi connectivity index (χ1) is 54.6. The van der Waals surface area contributed by atoms with Gasteiger partial charge in [-0.1, -0.05) is 66.8 Å². The molecule has 612 valence electrons. The molecule has 9 unspecified atom stereocenters. The Bertz CT molecular complexity index is 4930. The SMILES string of the molecule is CN[C@H](CC(C)C)C(=O)N[C@H]1C(=O)N[C@@H](CC(N)=O)C(=O)N[C@H]2C(=O)N[C@H]3C(=O)N[C@H](C(=O)N[C@H](C(=O)O)c4cc(O)cc(O)c4-c4cc3ccc4O)[C@H](O)c3ccc(c(Cl)c3)Oc3cc2cc(c3OC2OC(CO)C(O)C(O)C2OC2CC(C)(NCCNc3ccnc4cc(Cl)ccc34)C(O)C(C)O2)Oc2ccc(cc2Cl)[C@H]1O. The molecule has 0 radical (unpaired) electrons. The summed E-state index contributed by atoms with van der Waals surface area (Å²) in [4.78, 5) is 122. The minimum atomic E-state index is -2.37. The number of carboxylic acids is 1. The molecule has 0 saturated carbocycles. The third-order valence-electron chi connectivity index (χ3n) is 20.4. The third kappa shape index (κ3) is 18.1. The molecule has 35 nitrogen and oxygen atoms in total. The topological polar surface area (TPSA) is 541 Å². The lowest BCUT2D eigenvalue weighted by molar-refractivity contribution is -0.334. The molecule has 18 atom stereocenters. The van der Waals surface area contributed by atoms with Crippen molar-refractivity contribution < 1.29 is 118 Å². The van der Waals surface area contributed by atoms with Gasteiger partial charge in [-0.3, -0.25) is 38.5 Å². The number of nitrogens with one attached hydrogen (secondary N) is 9. The summed E-state index contributed by atoms with van der Waals surface area (Å²) in [5, 5.41) is 141. The second kappa shape index (κ2) is 34.9. The van der Waals surface area contributed by atoms with Gasteiger partial charge in [0.05, 0.1) is 46.8 Å². The van der Waals surface area contributed by atoms with Gasteiger partial charge < -0.3 is 133 Å². The molecule has 2 fully saturated rings. The molecular weight excluding hydrogens is 1570 g/mol. The van der Waals surface area contributed by atoms with E-state index >= 15 is 14.4 Å². The number of phenolic OH excluding ortho intramolecular Hbond substituents is 3. The number of halogens is 3. The summed E-state index contributed by atoms with van der Waals surface area (Å²) in [6, 6.07) is 6.36. The van der Waals surface area contributed by atoms with Gasteiger partial charge in [0.25, 0.3) is 0 Å². The maximum absolute atomic E-state index is 16.2. The van der Waals surface area contributed by atoms with Crippen molar-refractivity contribution in [3.8, 4) is 57.1 Å². The largest absolute Gasteiger partial charge is 0.508 e. The number of aromatic nitrogens is 1. The summed E-state index contributed by atoms with van der Waals surface area (Å²) >= 11 is 20.5. The average molecular weight is 1650 g/mol. The number of carbonyl (C=O) groups excluding carboxylic acids is 7. The molecule has 11 bridgehead atoms. The molecule has 14 rings (SSSR count). The fourth-order valence-corrected chi connectivity index (χ4v) is 15.1. The molecule has 7 aromatic rings. The van der Waals surface area contributed by atoms with Crippen molar-refractivity contribution in [1.29, 1.82) is 0 Å². The van der Waals surface area contributed by atoms with Crippen LogP contribution in [0, 0.1) is 5.92 Å². The number of anilines is 1. The first kappa shape index (κ1) is 83.9. The highest BCUT2D eigenvalue weighted by molar-refractivity contribution is 6.32. The van der Waals surface area contributed by atoms with Gasteiger partial charge in [0.1, 0.15) is 89.5 Å². The molecule has 38 heteroatoms. The zero-order chi connectivity index (χ0) is 82.9. The summed E-state index contributed by atoms with van der Waals surface area (Å²) in [6.07, 6.45) is -17.1. The van der Waals surface area contributed by atoms with Crippen molar-refractivity contribution in [2.24, 2.45) is 11.7 Å². The maximum Gasteiger partial charge on any atom is 0.330 e. The normalized spacial score (nSPS) is 27.3. The van der Waals surface area contributed by atoms with E-state index in [1.54, 1.807) is 38.2 Å². The lowest BCUT2D eigenvalue weighted by Gasteiger charge is -2.48. The first-order valence-corrected chi connectivity index (χ1v) is 37.5. The van der Waals surface area contributed by atoms with E-state index < -0.39 is 237 Å². The Balaban J connectivity index is 1.03. The second-order valence-corrected chi connectivity index (χ2v) is 30.3. The van der Waals surface area contributed by atoms with Gasteiger partial charge in [-0.25, -0.2) is 4.79 Å². The Morgan fingerprint density at radius 2 is 1.36 bits per heavy atom. The quantitative estimate of drug-likeness (QED) is 0.0549. The second-order valence-electron chi connectivity index (χ2n) is 29.0. The van der Waals surface area contributed by atoms with E-state index in [2.05, 4.69) is 52.8 Å². The Morgan fingerprint density at radius 3 is 2.00 bits per heavy atom.